The molecule has 0 unspecified atom stereocenters. The Morgan fingerprint density at radius 2 is 1.83 bits per heavy atom. The van der Waals surface area contributed by atoms with Crippen LogP contribution in [0.3, 0.4) is 0 Å². The number of anilines is 1. The van der Waals surface area contributed by atoms with E-state index in [0.717, 1.165) is 18.9 Å². The van der Waals surface area contributed by atoms with Gasteiger partial charge in [-0.2, -0.15) is 0 Å². The normalized spacial score (nSPS) is 15.0. The Bertz CT molecular complexity index is 942. The van der Waals surface area contributed by atoms with Gasteiger partial charge in [-0.1, -0.05) is 36.6 Å². The minimum absolute atomic E-state index is 0.0467. The van der Waals surface area contributed by atoms with Crippen LogP contribution in [0.15, 0.2) is 42.5 Å². The number of hydrogen-bond acceptors (Lipinski definition) is 5. The van der Waals surface area contributed by atoms with Gasteiger partial charge in [0.2, 0.25) is 0 Å². The van der Waals surface area contributed by atoms with Crippen LogP contribution < -0.4 is 5.32 Å². The molecule has 1 aliphatic carbocycles. The molecule has 1 aliphatic rings. The molecule has 9 heteroatoms. The maximum absolute atomic E-state index is 13.2. The van der Waals surface area contributed by atoms with E-state index in [0.29, 0.717) is 18.4 Å². The van der Waals surface area contributed by atoms with Gasteiger partial charge in [0.1, 0.15) is 11.5 Å². The number of nitrogens with zero attached hydrogens (tertiary/aromatic N) is 1. The van der Waals surface area contributed by atoms with Crippen molar-refractivity contribution in [2.24, 2.45) is 0 Å². The van der Waals surface area contributed by atoms with E-state index in [4.69, 9.17) is 16.3 Å². The molecule has 7 nitrogen and oxygen atoms in total. The fraction of sp³-hybridized carbons (Fsp3) is 0.300. The highest BCUT2D eigenvalue weighted by molar-refractivity contribution is 6.31. The van der Waals surface area contributed by atoms with Crippen molar-refractivity contribution in [1.82, 2.24) is 0 Å². The van der Waals surface area contributed by atoms with Crippen molar-refractivity contribution >= 4 is 34.9 Å². The van der Waals surface area contributed by atoms with Crippen LogP contribution in [-0.4, -0.2) is 23.4 Å². The summed E-state index contributed by atoms with van der Waals surface area (Å²) in [5, 5.41) is 13.6. The SMILES string of the molecule is O=C(COC(=O)C1(c2ccc(F)cc2)CCCC1)Nc1ccc(Cl)cc1[N+](=O)[O-]. The first-order valence-electron chi connectivity index (χ1n) is 8.99. The Morgan fingerprint density at radius 3 is 2.45 bits per heavy atom. The summed E-state index contributed by atoms with van der Waals surface area (Å²) in [5.74, 6) is -1.68. The van der Waals surface area contributed by atoms with Gasteiger partial charge in [-0.25, -0.2) is 4.39 Å². The molecule has 3 rings (SSSR count). The zero-order valence-corrected chi connectivity index (χ0v) is 16.1. The predicted molar refractivity (Wildman–Crippen MR) is 104 cm³/mol. The van der Waals surface area contributed by atoms with Gasteiger partial charge in [0.15, 0.2) is 6.61 Å². The fourth-order valence-corrected chi connectivity index (χ4v) is 3.74. The van der Waals surface area contributed by atoms with Gasteiger partial charge < -0.3 is 10.1 Å². The van der Waals surface area contributed by atoms with Crippen LogP contribution in [0.25, 0.3) is 0 Å². The van der Waals surface area contributed by atoms with Gasteiger partial charge in [0, 0.05) is 11.1 Å². The Balaban J connectivity index is 1.69. The number of ether oxygens (including phenoxy) is 1. The number of halogens is 2. The summed E-state index contributed by atoms with van der Waals surface area (Å²) in [7, 11) is 0. The van der Waals surface area contributed by atoms with Crippen molar-refractivity contribution in [3.8, 4) is 0 Å². The van der Waals surface area contributed by atoms with Crippen molar-refractivity contribution in [2.75, 3.05) is 11.9 Å². The molecule has 1 saturated carbocycles. The van der Waals surface area contributed by atoms with E-state index in [1.807, 2.05) is 0 Å². The maximum atomic E-state index is 13.2. The summed E-state index contributed by atoms with van der Waals surface area (Å²) in [6, 6.07) is 9.50. The Hall–Kier alpha value is -3.00. The first-order valence-corrected chi connectivity index (χ1v) is 9.37. The minimum Gasteiger partial charge on any atom is -0.455 e. The third kappa shape index (κ3) is 4.54. The highest BCUT2D eigenvalue weighted by atomic mass is 35.5. The summed E-state index contributed by atoms with van der Waals surface area (Å²) in [6.07, 6.45) is 2.72. The molecular formula is C20H18ClFN2O5. The number of carbonyl (C=O) groups excluding carboxylic acids is 2. The molecule has 0 heterocycles. The fourth-order valence-electron chi connectivity index (χ4n) is 3.58. The molecule has 0 bridgehead atoms. The number of hydrogen-bond donors (Lipinski definition) is 1. The molecule has 1 fully saturated rings. The molecule has 0 atom stereocenters. The molecule has 0 spiro atoms. The van der Waals surface area contributed by atoms with Gasteiger partial charge in [0.25, 0.3) is 11.6 Å². The summed E-state index contributed by atoms with van der Waals surface area (Å²) < 4.78 is 18.5. The second-order valence-electron chi connectivity index (χ2n) is 6.84. The number of nitrogens with one attached hydrogen (secondary N) is 1. The van der Waals surface area contributed by atoms with Gasteiger partial charge in [-0.15, -0.1) is 0 Å². The van der Waals surface area contributed by atoms with E-state index in [1.54, 1.807) is 12.1 Å². The maximum Gasteiger partial charge on any atom is 0.317 e. The lowest BCUT2D eigenvalue weighted by Crippen LogP contribution is -2.36. The molecule has 0 aliphatic heterocycles. The van der Waals surface area contributed by atoms with E-state index in [9.17, 15) is 24.1 Å². The number of benzene rings is 2. The van der Waals surface area contributed by atoms with Gasteiger partial charge in [0.05, 0.1) is 10.3 Å². The number of carbonyl (C=O) groups is 2. The van der Waals surface area contributed by atoms with Crippen LogP contribution in [-0.2, 0) is 19.7 Å². The standard InChI is InChI=1S/C20H18ClFN2O5/c21-14-5-8-16(17(11-14)24(27)28)23-18(25)12-29-19(26)20(9-1-2-10-20)13-3-6-15(22)7-4-13/h3-8,11H,1-2,9-10,12H2,(H,23,25). The van der Waals surface area contributed by atoms with Crippen molar-refractivity contribution < 1.29 is 23.6 Å². The predicted octanol–water partition coefficient (Wildman–Crippen LogP) is 4.38. The molecule has 29 heavy (non-hydrogen) atoms. The van der Waals surface area contributed by atoms with Crippen molar-refractivity contribution in [1.29, 1.82) is 0 Å². The van der Waals surface area contributed by atoms with Crippen LogP contribution in [0.2, 0.25) is 5.02 Å². The van der Waals surface area contributed by atoms with Crippen LogP contribution >= 0.6 is 11.6 Å². The zero-order valence-electron chi connectivity index (χ0n) is 15.3. The number of rotatable bonds is 6. The zero-order chi connectivity index (χ0) is 21.0. The topological polar surface area (TPSA) is 98.5 Å². The lowest BCUT2D eigenvalue weighted by molar-refractivity contribution is -0.383. The van der Waals surface area contributed by atoms with Crippen LogP contribution in [0.1, 0.15) is 31.2 Å². The van der Waals surface area contributed by atoms with Gasteiger partial charge >= 0.3 is 5.97 Å². The number of nitro groups is 1. The highest BCUT2D eigenvalue weighted by Gasteiger charge is 2.44. The molecule has 2 aromatic rings. The number of nitro benzene ring substituents is 1. The minimum atomic E-state index is -0.916. The van der Waals surface area contributed by atoms with Gasteiger partial charge in [-0.05, 0) is 42.7 Å². The van der Waals surface area contributed by atoms with Crippen molar-refractivity contribution in [3.05, 3.63) is 69.0 Å². The molecule has 0 saturated heterocycles. The molecular weight excluding hydrogens is 403 g/mol. The summed E-state index contributed by atoms with van der Waals surface area (Å²) in [5.41, 5.74) is -0.680. The van der Waals surface area contributed by atoms with E-state index in [2.05, 4.69) is 5.32 Å². The quantitative estimate of drug-likeness (QED) is 0.424. The summed E-state index contributed by atoms with van der Waals surface area (Å²) in [6.45, 7) is -0.596. The molecule has 1 amide bonds. The molecule has 0 aromatic heterocycles. The van der Waals surface area contributed by atoms with E-state index in [1.165, 1.54) is 24.3 Å². The van der Waals surface area contributed by atoms with Crippen molar-refractivity contribution in [3.63, 3.8) is 0 Å². The monoisotopic (exact) mass is 420 g/mol. The lowest BCUT2D eigenvalue weighted by atomic mass is 9.79. The average molecular weight is 421 g/mol. The molecule has 152 valence electrons. The van der Waals surface area contributed by atoms with Crippen LogP contribution in [0, 0.1) is 15.9 Å². The Labute approximate surface area is 171 Å². The molecule has 2 aromatic carbocycles. The third-order valence-electron chi connectivity index (χ3n) is 5.01. The van der Waals surface area contributed by atoms with Crippen LogP contribution in [0.4, 0.5) is 15.8 Å². The van der Waals surface area contributed by atoms with Crippen molar-refractivity contribution in [2.45, 2.75) is 31.1 Å². The Morgan fingerprint density at radius 1 is 1.17 bits per heavy atom. The molecule has 0 radical (unpaired) electrons. The van der Waals surface area contributed by atoms with Crippen LogP contribution in [0.5, 0.6) is 0 Å². The smallest absolute Gasteiger partial charge is 0.317 e. The van der Waals surface area contributed by atoms with Gasteiger partial charge in [-0.3, -0.25) is 19.7 Å². The summed E-state index contributed by atoms with van der Waals surface area (Å²) >= 11 is 5.75. The van der Waals surface area contributed by atoms with E-state index < -0.39 is 34.6 Å². The van der Waals surface area contributed by atoms with E-state index >= 15 is 0 Å². The highest BCUT2D eigenvalue weighted by Crippen LogP contribution is 2.42. The number of esters is 1. The largest absolute Gasteiger partial charge is 0.455 e. The van der Waals surface area contributed by atoms with E-state index in [-0.39, 0.29) is 16.4 Å². The number of amides is 1. The summed E-state index contributed by atoms with van der Waals surface area (Å²) in [4.78, 5) is 35.4. The first-order chi connectivity index (χ1) is 13.8. The molecule has 1 N–H and O–H groups in total. The second-order valence-corrected chi connectivity index (χ2v) is 7.28. The third-order valence-corrected chi connectivity index (χ3v) is 5.24. The Kier molecular flexibility index (Phi) is 6.12. The second kappa shape index (κ2) is 8.57. The lowest BCUT2D eigenvalue weighted by Gasteiger charge is -2.27. The average Bonchev–Trinajstić information content (AvgIpc) is 3.19. The first kappa shape index (κ1) is 20.7.